The van der Waals surface area contributed by atoms with Gasteiger partial charge in [-0.1, -0.05) is 0 Å². The third-order valence-electron chi connectivity index (χ3n) is 2.97. The Morgan fingerprint density at radius 1 is 1.27 bits per heavy atom. The van der Waals surface area contributed by atoms with Gasteiger partial charge in [0.2, 0.25) is 5.91 Å². The zero-order valence-electron chi connectivity index (χ0n) is 11.6. The zero-order chi connectivity index (χ0) is 16.3. The number of hydrogen-bond donors (Lipinski definition) is 1. The first-order valence-corrected chi connectivity index (χ1v) is 8.74. The summed E-state index contributed by atoms with van der Waals surface area (Å²) in [4.78, 5) is 10.8. The van der Waals surface area contributed by atoms with E-state index in [1.54, 1.807) is 4.72 Å². The summed E-state index contributed by atoms with van der Waals surface area (Å²) >= 11 is 1.46. The zero-order valence-corrected chi connectivity index (χ0v) is 13.2. The van der Waals surface area contributed by atoms with E-state index >= 15 is 0 Å². The van der Waals surface area contributed by atoms with Crippen molar-refractivity contribution in [2.75, 3.05) is 0 Å². The van der Waals surface area contributed by atoms with Gasteiger partial charge in [-0.3, -0.25) is 4.79 Å². The number of sulfonamides is 1. The Kier molecular flexibility index (Phi) is 4.92. The molecule has 118 valence electrons. The van der Waals surface area contributed by atoms with Crippen LogP contribution in [0.15, 0.2) is 33.9 Å². The maximum absolute atomic E-state index is 13.7. The van der Waals surface area contributed by atoms with Gasteiger partial charge < -0.3 is 0 Å². The second-order valence-electron chi connectivity index (χ2n) is 4.69. The molecule has 0 saturated carbocycles. The first kappa shape index (κ1) is 16.6. The molecule has 1 amide bonds. The molecule has 0 aliphatic carbocycles. The van der Waals surface area contributed by atoms with E-state index in [4.69, 9.17) is 0 Å². The molecule has 0 saturated heterocycles. The smallest absolute Gasteiger partial charge is 0.267 e. The summed E-state index contributed by atoms with van der Waals surface area (Å²) in [6, 6.07) is 3.17. The number of amides is 1. The Hall–Kier alpha value is -1.80. The van der Waals surface area contributed by atoms with Crippen LogP contribution in [-0.4, -0.2) is 14.3 Å². The number of halogens is 2. The van der Waals surface area contributed by atoms with Gasteiger partial charge in [-0.25, -0.2) is 21.9 Å². The lowest BCUT2D eigenvalue weighted by Gasteiger charge is -2.09. The molecule has 0 atom stereocenters. The highest BCUT2D eigenvalue weighted by Gasteiger charge is 2.23. The lowest BCUT2D eigenvalue weighted by molar-refractivity contribution is -0.119. The van der Waals surface area contributed by atoms with Crippen LogP contribution in [0, 0.1) is 18.6 Å². The molecule has 8 heteroatoms. The van der Waals surface area contributed by atoms with E-state index in [0.29, 0.717) is 12.5 Å². The maximum Gasteiger partial charge on any atom is 0.267 e. The fourth-order valence-electron chi connectivity index (χ4n) is 1.78. The molecule has 2 rings (SSSR count). The fraction of sp³-hybridized carbons (Fsp3) is 0.214. The van der Waals surface area contributed by atoms with Gasteiger partial charge in [-0.2, -0.15) is 11.3 Å². The summed E-state index contributed by atoms with van der Waals surface area (Å²) in [7, 11) is -4.43. The van der Waals surface area contributed by atoms with Crippen molar-refractivity contribution in [1.82, 2.24) is 4.72 Å². The molecule has 1 heterocycles. The topological polar surface area (TPSA) is 63.2 Å². The van der Waals surface area contributed by atoms with Crippen molar-refractivity contribution in [2.24, 2.45) is 0 Å². The quantitative estimate of drug-likeness (QED) is 0.906. The molecule has 2 aromatic rings. The highest BCUT2D eigenvalue weighted by Crippen LogP contribution is 2.19. The summed E-state index contributed by atoms with van der Waals surface area (Å²) in [5.74, 6) is -2.73. The van der Waals surface area contributed by atoms with E-state index in [2.05, 4.69) is 0 Å². The van der Waals surface area contributed by atoms with Crippen molar-refractivity contribution >= 4 is 27.3 Å². The van der Waals surface area contributed by atoms with Crippen LogP contribution in [0.5, 0.6) is 0 Å². The van der Waals surface area contributed by atoms with Crippen molar-refractivity contribution in [3.8, 4) is 0 Å². The molecule has 0 bridgehead atoms. The Bertz CT molecular complexity index is 787. The number of carbonyl (C=O) groups excluding carboxylic acids is 1. The average Bonchev–Trinajstić information content (AvgIpc) is 2.93. The summed E-state index contributed by atoms with van der Waals surface area (Å²) in [6.45, 7) is 1.31. The van der Waals surface area contributed by atoms with Crippen LogP contribution in [0.3, 0.4) is 0 Å². The van der Waals surface area contributed by atoms with Crippen LogP contribution in [0.2, 0.25) is 0 Å². The van der Waals surface area contributed by atoms with Gasteiger partial charge >= 0.3 is 0 Å². The Balaban J connectivity index is 2.10. The van der Waals surface area contributed by atoms with Gasteiger partial charge in [0, 0.05) is 6.42 Å². The molecule has 0 fully saturated rings. The monoisotopic (exact) mass is 345 g/mol. The molecular formula is C14H13F2NO3S2. The highest BCUT2D eigenvalue weighted by molar-refractivity contribution is 7.90. The molecular weight excluding hydrogens is 332 g/mol. The van der Waals surface area contributed by atoms with Gasteiger partial charge in [-0.15, -0.1) is 0 Å². The van der Waals surface area contributed by atoms with Crippen molar-refractivity contribution in [3.05, 3.63) is 51.7 Å². The lowest BCUT2D eigenvalue weighted by Crippen LogP contribution is -2.31. The number of carbonyl (C=O) groups is 1. The Morgan fingerprint density at radius 3 is 2.64 bits per heavy atom. The number of aryl methyl sites for hydroxylation is 2. The molecule has 1 N–H and O–H groups in total. The second-order valence-corrected chi connectivity index (χ2v) is 7.12. The molecule has 4 nitrogen and oxygen atoms in total. The fourth-order valence-corrected chi connectivity index (χ4v) is 3.57. The first-order chi connectivity index (χ1) is 10.3. The van der Waals surface area contributed by atoms with E-state index in [1.807, 2.05) is 16.8 Å². The van der Waals surface area contributed by atoms with Crippen molar-refractivity contribution in [1.29, 1.82) is 0 Å². The molecule has 0 spiro atoms. The van der Waals surface area contributed by atoms with Gasteiger partial charge in [0.05, 0.1) is 0 Å². The third kappa shape index (κ3) is 3.89. The molecule has 0 radical (unpaired) electrons. The predicted octanol–water partition coefficient (Wildman–Crippen LogP) is 2.77. The standard InChI is InChI=1S/C14H13F2NO3S2/c1-9-6-12(16)13(7-11(9)15)22(19,20)17-14(18)3-2-10-4-5-21-8-10/h4-8H,2-3H2,1H3,(H,17,18). The minimum absolute atomic E-state index is 0.0137. The number of rotatable bonds is 5. The molecule has 0 aliphatic heterocycles. The van der Waals surface area contributed by atoms with Gasteiger partial charge in [0.1, 0.15) is 16.5 Å². The van der Waals surface area contributed by atoms with Gasteiger partial charge in [0.15, 0.2) is 0 Å². The van der Waals surface area contributed by atoms with Crippen LogP contribution >= 0.6 is 11.3 Å². The highest BCUT2D eigenvalue weighted by atomic mass is 32.2. The predicted molar refractivity (Wildman–Crippen MR) is 79.1 cm³/mol. The van der Waals surface area contributed by atoms with Crippen molar-refractivity contribution in [2.45, 2.75) is 24.7 Å². The number of nitrogens with one attached hydrogen (secondary N) is 1. The van der Waals surface area contributed by atoms with Gasteiger partial charge in [0.25, 0.3) is 10.0 Å². The van der Waals surface area contributed by atoms with Crippen LogP contribution in [0.4, 0.5) is 8.78 Å². The summed E-state index contributed by atoms with van der Waals surface area (Å²) < 4.78 is 52.8. The van der Waals surface area contributed by atoms with Crippen molar-refractivity contribution < 1.29 is 22.0 Å². The van der Waals surface area contributed by atoms with E-state index in [9.17, 15) is 22.0 Å². The largest absolute Gasteiger partial charge is 0.274 e. The van der Waals surface area contributed by atoms with Crippen LogP contribution < -0.4 is 4.72 Å². The minimum atomic E-state index is -4.43. The van der Waals surface area contributed by atoms with Gasteiger partial charge in [-0.05, 0) is 53.4 Å². The molecule has 0 unspecified atom stereocenters. The van der Waals surface area contributed by atoms with Crippen molar-refractivity contribution in [3.63, 3.8) is 0 Å². The Labute approximate surface area is 130 Å². The van der Waals surface area contributed by atoms with Crippen LogP contribution in [0.25, 0.3) is 0 Å². The lowest BCUT2D eigenvalue weighted by atomic mass is 10.2. The molecule has 1 aromatic carbocycles. The van der Waals surface area contributed by atoms with E-state index < -0.39 is 32.5 Å². The maximum atomic E-state index is 13.7. The minimum Gasteiger partial charge on any atom is -0.274 e. The van der Waals surface area contributed by atoms with E-state index in [1.165, 1.54) is 18.3 Å². The summed E-state index contributed by atoms with van der Waals surface area (Å²) in [6.07, 6.45) is 0.307. The molecule has 22 heavy (non-hydrogen) atoms. The summed E-state index contributed by atoms with van der Waals surface area (Å²) in [5.41, 5.74) is 0.894. The Morgan fingerprint density at radius 2 is 2.00 bits per heavy atom. The van der Waals surface area contributed by atoms with E-state index in [0.717, 1.165) is 11.6 Å². The molecule has 1 aromatic heterocycles. The number of benzene rings is 1. The third-order valence-corrected chi connectivity index (χ3v) is 5.09. The first-order valence-electron chi connectivity index (χ1n) is 6.32. The molecule has 0 aliphatic rings. The average molecular weight is 345 g/mol. The van der Waals surface area contributed by atoms with Crippen LogP contribution in [0.1, 0.15) is 17.5 Å². The van der Waals surface area contributed by atoms with Crippen LogP contribution in [-0.2, 0) is 21.2 Å². The summed E-state index contributed by atoms with van der Waals surface area (Å²) in [5, 5.41) is 3.69. The normalized spacial score (nSPS) is 11.4. The second kappa shape index (κ2) is 6.53. The number of hydrogen-bond acceptors (Lipinski definition) is 4. The SMILES string of the molecule is Cc1cc(F)c(S(=O)(=O)NC(=O)CCc2ccsc2)cc1F. The van der Waals surface area contributed by atoms with E-state index in [-0.39, 0.29) is 12.0 Å². The number of thiophene rings is 1.